The summed E-state index contributed by atoms with van der Waals surface area (Å²) in [7, 11) is 1.52. The topological polar surface area (TPSA) is 75.6 Å². The van der Waals surface area contributed by atoms with E-state index in [1.807, 2.05) is 0 Å². The highest BCUT2D eigenvalue weighted by Gasteiger charge is 2.69. The summed E-state index contributed by atoms with van der Waals surface area (Å²) in [4.78, 5) is 25.7. The third-order valence-electron chi connectivity index (χ3n) is 10.8. The van der Waals surface area contributed by atoms with Crippen molar-refractivity contribution in [3.63, 3.8) is 0 Å². The van der Waals surface area contributed by atoms with Crippen molar-refractivity contribution in [3.8, 4) is 0 Å². The zero-order valence-electron chi connectivity index (χ0n) is 20.4. The molecular weight excluding hydrogens is 402 g/mol. The Morgan fingerprint density at radius 3 is 2.62 bits per heavy atom. The second-order valence-electron chi connectivity index (χ2n) is 12.4. The molecule has 1 spiro atoms. The third kappa shape index (κ3) is 2.78. The molecule has 1 saturated heterocycles. The molecule has 1 amide bonds. The molecule has 6 aliphatic rings. The Kier molecular flexibility index (Phi) is 5.13. The zero-order valence-corrected chi connectivity index (χ0v) is 20.4. The summed E-state index contributed by atoms with van der Waals surface area (Å²) in [5.41, 5.74) is 0.964. The molecule has 2 N–H and O–H groups in total. The van der Waals surface area contributed by atoms with Crippen LogP contribution in [-0.4, -0.2) is 36.2 Å². The quantitative estimate of drug-likeness (QED) is 0.494. The van der Waals surface area contributed by atoms with E-state index in [1.165, 1.54) is 12.7 Å². The van der Waals surface area contributed by atoms with Gasteiger partial charge in [-0.3, -0.25) is 9.59 Å². The van der Waals surface area contributed by atoms with Crippen LogP contribution in [0.3, 0.4) is 0 Å². The van der Waals surface area contributed by atoms with Crippen LogP contribution in [0.4, 0.5) is 0 Å². The smallest absolute Gasteiger partial charge is 0.311 e. The Bertz CT molecular complexity index is 851. The molecule has 5 nitrogen and oxygen atoms in total. The van der Waals surface area contributed by atoms with Crippen LogP contribution in [0.1, 0.15) is 79.1 Å². The number of nitrogens with one attached hydrogen (secondary N) is 1. The maximum Gasteiger partial charge on any atom is 0.311 e. The highest BCUT2D eigenvalue weighted by molar-refractivity contribution is 5.78. The lowest BCUT2D eigenvalue weighted by atomic mass is 9.35. The molecule has 9 atom stereocenters. The number of hydrogen-bond donors (Lipinski definition) is 2. The number of carbonyl (C=O) groups excluding carboxylic acids is 2. The Morgan fingerprint density at radius 1 is 1.19 bits per heavy atom. The van der Waals surface area contributed by atoms with Gasteiger partial charge < -0.3 is 15.2 Å². The molecule has 0 aromatic heterocycles. The highest BCUT2D eigenvalue weighted by Crippen LogP contribution is 2.72. The first-order valence-corrected chi connectivity index (χ1v) is 12.9. The number of methoxy groups -OCH3 is 1. The second kappa shape index (κ2) is 7.32. The highest BCUT2D eigenvalue weighted by atomic mass is 16.5. The van der Waals surface area contributed by atoms with Crippen molar-refractivity contribution in [2.24, 2.45) is 45.8 Å². The Hall–Kier alpha value is -1.36. The standard InChI is InChI=1S/C27H41NO4/c1-15(2)17-14-27-12-9-19-25(3,10-6-11-26(19,4)24(31)32-5)20(27)13-16(17)22-18(29)7-8-21(30)28-23(22)27/h14-16,18-20,22-23,29H,6-13H2,1-5H3,(H,28,30)/t16-,18+,19-,20-,22+,23-,25+,26-,27+/m1/s1. The van der Waals surface area contributed by atoms with Crippen LogP contribution in [0, 0.1) is 45.8 Å². The van der Waals surface area contributed by atoms with Crippen molar-refractivity contribution in [2.75, 3.05) is 7.11 Å². The fourth-order valence-corrected chi connectivity index (χ4v) is 9.57. The summed E-state index contributed by atoms with van der Waals surface area (Å²) in [5.74, 6) is 1.61. The maximum atomic E-state index is 13.0. The third-order valence-corrected chi connectivity index (χ3v) is 10.8. The van der Waals surface area contributed by atoms with Gasteiger partial charge in [-0.1, -0.05) is 38.8 Å². The number of carbonyl (C=O) groups is 2. The SMILES string of the molecule is COC(=O)[C@]1(C)CCC[C@]2(C)[C@H]3C[C@@H]4C(C(C)C)=C[C@]3(CC[C@H]21)[C@@H]1NC(=O)CC[C@H](O)[C@H]41. The number of aliphatic hydroxyl groups is 1. The fraction of sp³-hybridized carbons (Fsp3) is 0.852. The average Bonchev–Trinajstić information content (AvgIpc) is 2.91. The van der Waals surface area contributed by atoms with E-state index in [9.17, 15) is 14.7 Å². The number of esters is 1. The minimum absolute atomic E-state index is 0.00262. The van der Waals surface area contributed by atoms with Crippen molar-refractivity contribution in [2.45, 2.75) is 91.2 Å². The monoisotopic (exact) mass is 443 g/mol. The molecule has 3 saturated carbocycles. The average molecular weight is 444 g/mol. The normalized spacial score (nSPS) is 49.8. The van der Waals surface area contributed by atoms with E-state index in [4.69, 9.17) is 4.74 Å². The number of amides is 1. The predicted octanol–water partition coefficient (Wildman–Crippen LogP) is 4.24. The molecule has 0 aromatic carbocycles. The van der Waals surface area contributed by atoms with Crippen molar-refractivity contribution >= 4 is 11.9 Å². The molecule has 6 rings (SSSR count). The fourth-order valence-electron chi connectivity index (χ4n) is 9.57. The molecule has 32 heavy (non-hydrogen) atoms. The lowest BCUT2D eigenvalue weighted by Crippen LogP contribution is -2.70. The number of hydrogen-bond acceptors (Lipinski definition) is 4. The first-order valence-electron chi connectivity index (χ1n) is 12.9. The maximum absolute atomic E-state index is 13.0. The summed E-state index contributed by atoms with van der Waals surface area (Å²) >= 11 is 0. The Morgan fingerprint density at radius 2 is 1.94 bits per heavy atom. The summed E-state index contributed by atoms with van der Waals surface area (Å²) in [5, 5.41) is 14.6. The number of rotatable bonds is 2. The van der Waals surface area contributed by atoms with E-state index in [2.05, 4.69) is 39.1 Å². The first kappa shape index (κ1) is 22.4. The molecule has 0 radical (unpaired) electrons. The number of aliphatic hydroxyl groups excluding tert-OH is 1. The molecule has 0 aromatic rings. The van der Waals surface area contributed by atoms with E-state index in [0.717, 1.165) is 38.5 Å². The van der Waals surface area contributed by atoms with Crippen LogP contribution in [0.5, 0.6) is 0 Å². The van der Waals surface area contributed by atoms with Crippen LogP contribution >= 0.6 is 0 Å². The van der Waals surface area contributed by atoms with Gasteiger partial charge in [0.2, 0.25) is 5.91 Å². The zero-order chi connectivity index (χ0) is 23.1. The van der Waals surface area contributed by atoms with Gasteiger partial charge in [0.05, 0.1) is 18.6 Å². The molecule has 1 heterocycles. The summed E-state index contributed by atoms with van der Waals surface area (Å²) in [6, 6.07) is 0.00262. The van der Waals surface area contributed by atoms with E-state index in [1.54, 1.807) is 0 Å². The summed E-state index contributed by atoms with van der Waals surface area (Å²) in [6.07, 6.45) is 9.20. The van der Waals surface area contributed by atoms with Gasteiger partial charge in [0, 0.05) is 23.8 Å². The van der Waals surface area contributed by atoms with Crippen molar-refractivity contribution in [3.05, 3.63) is 11.6 Å². The van der Waals surface area contributed by atoms with Gasteiger partial charge in [0.25, 0.3) is 0 Å². The molecule has 4 fully saturated rings. The minimum atomic E-state index is -0.434. The minimum Gasteiger partial charge on any atom is -0.469 e. The summed E-state index contributed by atoms with van der Waals surface area (Å²) in [6.45, 7) is 9.11. The number of fused-ring (bicyclic) bond motifs is 1. The van der Waals surface area contributed by atoms with E-state index >= 15 is 0 Å². The number of ether oxygens (including phenoxy) is 1. The van der Waals surface area contributed by atoms with Gasteiger partial charge in [0.15, 0.2) is 0 Å². The van der Waals surface area contributed by atoms with Crippen LogP contribution in [0.25, 0.3) is 0 Å². The summed E-state index contributed by atoms with van der Waals surface area (Å²) < 4.78 is 5.32. The Labute approximate surface area is 192 Å². The van der Waals surface area contributed by atoms with Crippen LogP contribution in [0.15, 0.2) is 11.6 Å². The van der Waals surface area contributed by atoms with Crippen LogP contribution in [-0.2, 0) is 14.3 Å². The van der Waals surface area contributed by atoms with Crippen LogP contribution < -0.4 is 5.32 Å². The molecule has 0 unspecified atom stereocenters. The van der Waals surface area contributed by atoms with Gasteiger partial charge >= 0.3 is 5.97 Å². The predicted molar refractivity (Wildman–Crippen MR) is 122 cm³/mol. The van der Waals surface area contributed by atoms with E-state index in [0.29, 0.717) is 36.5 Å². The first-order chi connectivity index (χ1) is 15.1. The molecular formula is C27H41NO4. The number of allylic oxidation sites excluding steroid dienone is 1. The van der Waals surface area contributed by atoms with E-state index < -0.39 is 11.5 Å². The molecule has 1 aliphatic heterocycles. The lowest BCUT2D eigenvalue weighted by molar-refractivity contribution is -0.196. The Balaban J connectivity index is 1.63. The van der Waals surface area contributed by atoms with Gasteiger partial charge in [-0.15, -0.1) is 0 Å². The van der Waals surface area contributed by atoms with Gasteiger partial charge in [-0.2, -0.15) is 0 Å². The van der Waals surface area contributed by atoms with Crippen LogP contribution in [0.2, 0.25) is 0 Å². The van der Waals surface area contributed by atoms with Crippen molar-refractivity contribution in [1.29, 1.82) is 0 Å². The largest absolute Gasteiger partial charge is 0.469 e. The molecule has 178 valence electrons. The molecule has 2 bridgehead atoms. The molecule has 5 heteroatoms. The lowest BCUT2D eigenvalue weighted by Gasteiger charge is -2.70. The second-order valence-corrected chi connectivity index (χ2v) is 12.4. The van der Waals surface area contributed by atoms with E-state index in [-0.39, 0.29) is 34.7 Å². The molecule has 5 aliphatic carbocycles. The van der Waals surface area contributed by atoms with Gasteiger partial charge in [0.1, 0.15) is 0 Å². The van der Waals surface area contributed by atoms with Crippen molar-refractivity contribution < 1.29 is 19.4 Å². The van der Waals surface area contributed by atoms with Crippen molar-refractivity contribution in [1.82, 2.24) is 5.32 Å². The van der Waals surface area contributed by atoms with Gasteiger partial charge in [-0.05, 0) is 74.5 Å². The van der Waals surface area contributed by atoms with Gasteiger partial charge in [-0.25, -0.2) is 0 Å².